The Hall–Kier alpha value is -0.100. The molecular weight excluding hydrogens is 392 g/mol. The van der Waals surface area contributed by atoms with Crippen molar-refractivity contribution in [3.8, 4) is 0 Å². The topological polar surface area (TPSA) is 52.6 Å². The number of esters is 2. The Kier molecular flexibility index (Phi) is 10.5. The van der Waals surface area contributed by atoms with E-state index < -0.39 is 21.6 Å². The van der Waals surface area contributed by atoms with Gasteiger partial charge in [-0.25, -0.2) is 0 Å². The molecule has 0 aromatic heterocycles. The molecule has 0 aliphatic rings. The molecule has 2 atom stereocenters. The van der Waals surface area contributed by atoms with Crippen LogP contribution in [0.5, 0.6) is 0 Å². The van der Waals surface area contributed by atoms with Crippen LogP contribution in [0.2, 0.25) is 0 Å². The Morgan fingerprint density at radius 1 is 0.800 bits per heavy atom. The van der Waals surface area contributed by atoms with E-state index in [1.807, 2.05) is 0 Å². The number of carbonyl (C=O) groups is 2. The minimum Gasteiger partial charge on any atom is -0.465 e. The van der Waals surface area contributed by atoms with Crippen molar-refractivity contribution < 1.29 is 19.1 Å². The lowest BCUT2D eigenvalue weighted by atomic mass is 10.1. The summed E-state index contributed by atoms with van der Waals surface area (Å²) < 4.78 is 10.2. The lowest BCUT2D eigenvalue weighted by molar-refractivity contribution is -0.149. The van der Waals surface area contributed by atoms with Gasteiger partial charge in [-0.1, -0.05) is 59.6 Å². The van der Waals surface area contributed by atoms with Crippen LogP contribution in [-0.2, 0) is 19.1 Å². The maximum atomic E-state index is 11.7. The molecule has 0 amide bonds. The standard InChI is InChI=1S/C14H24Br2O4/c1-9(2)5-7-19-13(17)11(15)12(16)14(18)20-8-6-10(3)4/h9-12H,5-8H2,1-4H3/t11-,12+. The van der Waals surface area contributed by atoms with Gasteiger partial charge in [0.15, 0.2) is 0 Å². The highest BCUT2D eigenvalue weighted by atomic mass is 79.9. The minimum absolute atomic E-state index is 0.362. The van der Waals surface area contributed by atoms with E-state index in [0.29, 0.717) is 25.0 Å². The van der Waals surface area contributed by atoms with Crippen molar-refractivity contribution in [1.82, 2.24) is 0 Å². The van der Waals surface area contributed by atoms with E-state index in [9.17, 15) is 9.59 Å². The van der Waals surface area contributed by atoms with E-state index in [1.165, 1.54) is 0 Å². The fourth-order valence-corrected chi connectivity index (χ4v) is 1.88. The third kappa shape index (κ3) is 8.95. The van der Waals surface area contributed by atoms with E-state index in [4.69, 9.17) is 9.47 Å². The first kappa shape index (κ1) is 19.9. The van der Waals surface area contributed by atoms with Crippen molar-refractivity contribution in [2.24, 2.45) is 11.8 Å². The highest BCUT2D eigenvalue weighted by Gasteiger charge is 2.32. The summed E-state index contributed by atoms with van der Waals surface area (Å²) in [7, 11) is 0. The van der Waals surface area contributed by atoms with Gasteiger partial charge in [0.25, 0.3) is 0 Å². The van der Waals surface area contributed by atoms with Crippen molar-refractivity contribution in [2.45, 2.75) is 50.2 Å². The number of hydrogen-bond acceptors (Lipinski definition) is 4. The van der Waals surface area contributed by atoms with Crippen LogP contribution in [-0.4, -0.2) is 34.8 Å². The molecule has 0 rings (SSSR count). The molecular formula is C14H24Br2O4. The largest absolute Gasteiger partial charge is 0.465 e. The van der Waals surface area contributed by atoms with Gasteiger partial charge in [0.2, 0.25) is 0 Å². The first-order valence-electron chi connectivity index (χ1n) is 6.87. The highest BCUT2D eigenvalue weighted by molar-refractivity contribution is 9.12. The Balaban J connectivity index is 4.07. The van der Waals surface area contributed by atoms with E-state index >= 15 is 0 Å². The molecule has 20 heavy (non-hydrogen) atoms. The predicted octanol–water partition coefficient (Wildman–Crippen LogP) is 3.69. The molecule has 118 valence electrons. The molecule has 0 aliphatic heterocycles. The molecule has 0 spiro atoms. The molecule has 0 saturated carbocycles. The second kappa shape index (κ2) is 10.6. The van der Waals surface area contributed by atoms with Gasteiger partial charge >= 0.3 is 11.9 Å². The van der Waals surface area contributed by atoms with E-state index in [1.54, 1.807) is 0 Å². The number of rotatable bonds is 9. The molecule has 0 saturated heterocycles. The quantitative estimate of drug-likeness (QED) is 0.425. The lowest BCUT2D eigenvalue weighted by Crippen LogP contribution is -2.34. The molecule has 0 fully saturated rings. The molecule has 0 radical (unpaired) electrons. The van der Waals surface area contributed by atoms with Crippen LogP contribution in [0.1, 0.15) is 40.5 Å². The number of hydrogen-bond donors (Lipinski definition) is 0. The summed E-state index contributed by atoms with van der Waals surface area (Å²) in [5.41, 5.74) is 0. The SMILES string of the molecule is CC(C)CCOC(=O)[C@@H](Br)[C@@H](Br)C(=O)OCCC(C)C. The second-order valence-corrected chi connectivity index (χ2v) is 7.48. The molecule has 0 unspecified atom stereocenters. The second-order valence-electron chi connectivity index (χ2n) is 5.50. The number of alkyl halides is 2. The van der Waals surface area contributed by atoms with Crippen molar-refractivity contribution >= 4 is 43.8 Å². The van der Waals surface area contributed by atoms with Crippen LogP contribution < -0.4 is 0 Å². The third-order valence-corrected chi connectivity index (χ3v) is 5.10. The Morgan fingerprint density at radius 3 is 1.35 bits per heavy atom. The molecule has 0 aromatic carbocycles. The molecule has 0 aliphatic carbocycles. The fraction of sp³-hybridized carbons (Fsp3) is 0.857. The zero-order valence-corrected chi connectivity index (χ0v) is 15.7. The smallest absolute Gasteiger partial charge is 0.321 e. The van der Waals surface area contributed by atoms with Gasteiger partial charge in [-0.15, -0.1) is 0 Å². The van der Waals surface area contributed by atoms with Gasteiger partial charge in [0.05, 0.1) is 13.2 Å². The monoisotopic (exact) mass is 414 g/mol. The average molecular weight is 416 g/mol. The zero-order chi connectivity index (χ0) is 15.7. The number of ether oxygens (including phenoxy) is 2. The molecule has 0 heterocycles. The Bertz CT molecular complexity index is 276. The van der Waals surface area contributed by atoms with Gasteiger partial charge < -0.3 is 9.47 Å². The van der Waals surface area contributed by atoms with Crippen LogP contribution in [0.3, 0.4) is 0 Å². The van der Waals surface area contributed by atoms with Crippen molar-refractivity contribution in [2.75, 3.05) is 13.2 Å². The average Bonchev–Trinajstić information content (AvgIpc) is 2.35. The molecule has 0 bridgehead atoms. The van der Waals surface area contributed by atoms with Crippen LogP contribution >= 0.6 is 31.9 Å². The summed E-state index contributed by atoms with van der Waals surface area (Å²) in [4.78, 5) is 22.0. The van der Waals surface area contributed by atoms with E-state index in [0.717, 1.165) is 12.8 Å². The van der Waals surface area contributed by atoms with Crippen LogP contribution in [0.25, 0.3) is 0 Å². The van der Waals surface area contributed by atoms with Gasteiger partial charge in [-0.05, 0) is 24.7 Å². The highest BCUT2D eigenvalue weighted by Crippen LogP contribution is 2.18. The Morgan fingerprint density at radius 2 is 1.10 bits per heavy atom. The number of halogens is 2. The maximum Gasteiger partial charge on any atom is 0.321 e. The summed E-state index contributed by atoms with van der Waals surface area (Å²) in [5, 5.41) is 0. The van der Waals surface area contributed by atoms with Gasteiger partial charge in [0.1, 0.15) is 9.65 Å². The number of carbonyl (C=O) groups excluding carboxylic acids is 2. The summed E-state index contributed by atoms with van der Waals surface area (Å²) in [6, 6.07) is 0. The zero-order valence-electron chi connectivity index (χ0n) is 12.5. The molecule has 0 N–H and O–H groups in total. The van der Waals surface area contributed by atoms with Crippen LogP contribution in [0, 0.1) is 11.8 Å². The summed E-state index contributed by atoms with van der Waals surface area (Å²) in [5.74, 6) is 0.0383. The van der Waals surface area contributed by atoms with E-state index in [2.05, 4.69) is 59.6 Å². The van der Waals surface area contributed by atoms with Crippen molar-refractivity contribution in [3.05, 3.63) is 0 Å². The summed E-state index contributed by atoms with van der Waals surface area (Å²) in [6.45, 7) is 8.94. The third-order valence-electron chi connectivity index (χ3n) is 2.59. The lowest BCUT2D eigenvalue weighted by Gasteiger charge is -2.16. The normalized spacial score (nSPS) is 14.2. The Labute approximate surface area is 138 Å². The summed E-state index contributed by atoms with van der Waals surface area (Å²) >= 11 is 6.35. The maximum absolute atomic E-state index is 11.7. The first-order valence-corrected chi connectivity index (χ1v) is 8.70. The van der Waals surface area contributed by atoms with E-state index in [-0.39, 0.29) is 0 Å². The first-order chi connectivity index (χ1) is 9.25. The van der Waals surface area contributed by atoms with Gasteiger partial charge in [-0.3, -0.25) is 9.59 Å². The van der Waals surface area contributed by atoms with Crippen LogP contribution in [0.4, 0.5) is 0 Å². The summed E-state index contributed by atoms with van der Waals surface area (Å²) in [6.07, 6.45) is 1.61. The van der Waals surface area contributed by atoms with Crippen molar-refractivity contribution in [3.63, 3.8) is 0 Å². The molecule has 6 heteroatoms. The molecule has 0 aromatic rings. The van der Waals surface area contributed by atoms with Crippen LogP contribution in [0.15, 0.2) is 0 Å². The fourth-order valence-electron chi connectivity index (χ4n) is 1.19. The van der Waals surface area contributed by atoms with Gasteiger partial charge in [-0.2, -0.15) is 0 Å². The molecule has 4 nitrogen and oxygen atoms in total. The van der Waals surface area contributed by atoms with Crippen molar-refractivity contribution in [1.29, 1.82) is 0 Å². The minimum atomic E-state index is -0.735. The predicted molar refractivity (Wildman–Crippen MR) is 86.3 cm³/mol. The van der Waals surface area contributed by atoms with Gasteiger partial charge in [0, 0.05) is 0 Å².